The van der Waals surface area contributed by atoms with Crippen molar-refractivity contribution in [3.63, 3.8) is 0 Å². The lowest BCUT2D eigenvalue weighted by atomic mass is 9.99. The van der Waals surface area contributed by atoms with Crippen molar-refractivity contribution in [3.05, 3.63) is 148 Å². The zero-order chi connectivity index (χ0) is 44.8. The zero-order valence-electron chi connectivity index (χ0n) is 35.2. The molecule has 5 aromatic rings. The number of unbranched alkanes of at least 4 members (excludes halogenated alkanes) is 2. The summed E-state index contributed by atoms with van der Waals surface area (Å²) in [7, 11) is -2.49. The summed E-state index contributed by atoms with van der Waals surface area (Å²) in [5.41, 5.74) is 4.31. The number of carboxylic acids is 1. The van der Waals surface area contributed by atoms with Gasteiger partial charge in [0.05, 0.1) is 9.82 Å². The quantitative estimate of drug-likeness (QED) is 0.0262. The fourth-order valence-electron chi connectivity index (χ4n) is 7.44. The van der Waals surface area contributed by atoms with Gasteiger partial charge in [-0.25, -0.2) is 13.1 Å². The molecular weight excluding hydrogens is 860 g/mol. The van der Waals surface area contributed by atoms with Gasteiger partial charge in [0.25, 0.3) is 21.6 Å². The number of benzene rings is 5. The second-order valence-electron chi connectivity index (χ2n) is 15.6. The van der Waals surface area contributed by atoms with Crippen molar-refractivity contribution in [2.75, 3.05) is 62.3 Å². The highest BCUT2D eigenvalue weighted by molar-refractivity contribution is 7.99. The van der Waals surface area contributed by atoms with Gasteiger partial charge in [-0.3, -0.25) is 24.6 Å². The molecule has 1 saturated heterocycles. The highest BCUT2D eigenvalue weighted by Gasteiger charge is 2.26. The molecule has 3 N–H and O–H groups in total. The van der Waals surface area contributed by atoms with E-state index in [9.17, 15) is 28.1 Å². The van der Waals surface area contributed by atoms with Crippen LogP contribution in [-0.4, -0.2) is 98.2 Å². The molecule has 1 amide bonds. The van der Waals surface area contributed by atoms with Gasteiger partial charge in [-0.2, -0.15) is 0 Å². The number of nitro benzene ring substituents is 1. The first kappa shape index (κ1) is 47.0. The van der Waals surface area contributed by atoms with Crippen LogP contribution >= 0.6 is 23.4 Å². The summed E-state index contributed by atoms with van der Waals surface area (Å²) in [4.78, 5) is 43.2. The normalized spacial score (nSPS) is 13.7. The first-order valence-electron chi connectivity index (χ1n) is 21.0. The molecule has 1 heterocycles. The van der Waals surface area contributed by atoms with Crippen LogP contribution in [0, 0.1) is 10.1 Å². The van der Waals surface area contributed by atoms with Crippen LogP contribution in [0.2, 0.25) is 5.02 Å². The number of amides is 1. The van der Waals surface area contributed by atoms with Crippen molar-refractivity contribution in [2.45, 2.75) is 54.5 Å². The van der Waals surface area contributed by atoms with Crippen LogP contribution in [0.1, 0.15) is 48.0 Å². The van der Waals surface area contributed by atoms with Crippen molar-refractivity contribution in [2.24, 2.45) is 0 Å². The molecule has 1 atom stereocenters. The minimum absolute atomic E-state index is 0.136. The highest BCUT2D eigenvalue weighted by Crippen LogP contribution is 2.31. The number of hydrogen-bond donors (Lipinski definition) is 3. The Bertz CT molecular complexity index is 2420. The molecule has 332 valence electrons. The number of nitro groups is 1. The summed E-state index contributed by atoms with van der Waals surface area (Å²) in [5, 5.41) is 25.2. The van der Waals surface area contributed by atoms with E-state index in [4.69, 9.17) is 16.7 Å². The fraction of sp³-hybridized carbons (Fsp3) is 0.319. The summed E-state index contributed by atoms with van der Waals surface area (Å²) in [6.45, 7) is 5.47. The Labute approximate surface area is 378 Å². The third kappa shape index (κ3) is 14.0. The predicted octanol–water partition coefficient (Wildman–Crippen LogP) is 8.90. The number of nitrogens with zero attached hydrogens (tertiary/aromatic N) is 4. The average Bonchev–Trinajstić information content (AvgIpc) is 3.28. The number of aliphatic carboxylic acids is 1. The van der Waals surface area contributed by atoms with Crippen LogP contribution in [0.25, 0.3) is 11.1 Å². The number of nitrogens with one attached hydrogen (secondary N) is 2. The Morgan fingerprint density at radius 2 is 1.57 bits per heavy atom. The Hall–Kier alpha value is -5.45. The van der Waals surface area contributed by atoms with Gasteiger partial charge >= 0.3 is 5.97 Å². The molecule has 0 aromatic heterocycles. The molecule has 1 fully saturated rings. The minimum Gasteiger partial charge on any atom is -0.481 e. The Morgan fingerprint density at radius 1 is 0.873 bits per heavy atom. The smallest absolute Gasteiger partial charge is 0.303 e. The molecule has 5 aromatic carbocycles. The second kappa shape index (κ2) is 22.8. The van der Waals surface area contributed by atoms with E-state index in [1.54, 1.807) is 36.0 Å². The molecule has 0 spiro atoms. The Morgan fingerprint density at radius 3 is 2.27 bits per heavy atom. The van der Waals surface area contributed by atoms with E-state index in [0.29, 0.717) is 30.2 Å². The van der Waals surface area contributed by atoms with E-state index in [2.05, 4.69) is 42.9 Å². The van der Waals surface area contributed by atoms with Gasteiger partial charge < -0.3 is 20.2 Å². The van der Waals surface area contributed by atoms with Gasteiger partial charge in [-0.15, -0.1) is 11.8 Å². The number of thioether (sulfide) groups is 1. The molecular formula is C47H53ClN6O7S2. The molecule has 0 saturated carbocycles. The SMILES string of the molecule is CN(CCCCCC(=O)O)CCC(CSc1ccccc1)Nc1ccc(S(=O)(=O)NC(=O)c2ccc(N3CCN(Cc4ccccc4-c4ccc(Cl)cc4)CC3)cc2)cc1[N+](=O)[O-]. The molecule has 0 bridgehead atoms. The van der Waals surface area contributed by atoms with Gasteiger partial charge in [0, 0.05) is 78.2 Å². The van der Waals surface area contributed by atoms with Crippen LogP contribution < -0.4 is 14.9 Å². The third-order valence-electron chi connectivity index (χ3n) is 11.0. The predicted molar refractivity (Wildman–Crippen MR) is 251 cm³/mol. The molecule has 13 nitrogen and oxygen atoms in total. The number of halogens is 1. The largest absolute Gasteiger partial charge is 0.481 e. The average molecular weight is 914 g/mol. The summed E-state index contributed by atoms with van der Waals surface area (Å²) in [5.74, 6) is -1.07. The number of sulfonamides is 1. The number of carbonyl (C=O) groups is 2. The third-order valence-corrected chi connectivity index (χ3v) is 13.7. The summed E-state index contributed by atoms with van der Waals surface area (Å²) in [6, 6.07) is 36.2. The number of carboxylic acid groups (broad SMARTS) is 1. The first-order chi connectivity index (χ1) is 30.3. The van der Waals surface area contributed by atoms with Crippen LogP contribution in [0.4, 0.5) is 17.1 Å². The number of rotatable bonds is 22. The van der Waals surface area contributed by atoms with Gasteiger partial charge in [-0.05, 0) is 117 Å². The lowest BCUT2D eigenvalue weighted by Gasteiger charge is -2.36. The van der Waals surface area contributed by atoms with Crippen molar-refractivity contribution in [1.29, 1.82) is 0 Å². The van der Waals surface area contributed by atoms with Gasteiger partial charge in [0.15, 0.2) is 0 Å². The molecule has 0 radical (unpaired) electrons. The van der Waals surface area contributed by atoms with E-state index in [0.717, 1.165) is 74.3 Å². The van der Waals surface area contributed by atoms with Crippen molar-refractivity contribution >= 4 is 62.3 Å². The molecule has 1 unspecified atom stereocenters. The number of hydrogen-bond acceptors (Lipinski definition) is 11. The van der Waals surface area contributed by atoms with E-state index in [1.807, 2.05) is 67.7 Å². The zero-order valence-corrected chi connectivity index (χ0v) is 37.6. The number of carbonyl (C=O) groups excluding carboxylic acids is 1. The Kier molecular flexibility index (Phi) is 17.0. The topological polar surface area (TPSA) is 165 Å². The molecule has 6 rings (SSSR count). The molecule has 16 heteroatoms. The maximum absolute atomic E-state index is 13.5. The fourth-order valence-corrected chi connectivity index (χ4v) is 9.56. The lowest BCUT2D eigenvalue weighted by Crippen LogP contribution is -2.46. The van der Waals surface area contributed by atoms with Crippen LogP contribution in [0.3, 0.4) is 0 Å². The van der Waals surface area contributed by atoms with Crippen molar-refractivity contribution < 1.29 is 28.0 Å². The van der Waals surface area contributed by atoms with Gasteiger partial charge in [0.1, 0.15) is 5.69 Å². The number of piperazine rings is 1. The van der Waals surface area contributed by atoms with Crippen LogP contribution in [0.15, 0.2) is 131 Å². The number of anilines is 2. The molecule has 63 heavy (non-hydrogen) atoms. The van der Waals surface area contributed by atoms with Gasteiger partial charge in [0.2, 0.25) is 0 Å². The highest BCUT2D eigenvalue weighted by atomic mass is 35.5. The maximum Gasteiger partial charge on any atom is 0.303 e. The second-order valence-corrected chi connectivity index (χ2v) is 18.8. The summed E-state index contributed by atoms with van der Waals surface area (Å²) >= 11 is 7.73. The molecule has 1 aliphatic rings. The maximum atomic E-state index is 13.5. The van der Waals surface area contributed by atoms with Crippen LogP contribution in [0.5, 0.6) is 0 Å². The monoisotopic (exact) mass is 912 g/mol. The van der Waals surface area contributed by atoms with Crippen molar-refractivity contribution in [3.8, 4) is 11.1 Å². The van der Waals surface area contributed by atoms with Crippen LogP contribution in [-0.2, 0) is 21.4 Å². The molecule has 0 aliphatic carbocycles. The van der Waals surface area contributed by atoms with E-state index in [-0.39, 0.29) is 23.7 Å². The van der Waals surface area contributed by atoms with E-state index in [1.165, 1.54) is 23.3 Å². The van der Waals surface area contributed by atoms with E-state index < -0.39 is 37.4 Å². The van der Waals surface area contributed by atoms with E-state index >= 15 is 0 Å². The minimum atomic E-state index is -4.48. The molecule has 1 aliphatic heterocycles. The standard InChI is InChI=1S/C47H53ClN6O7S2/c1-51(26-9-3-6-14-46(55)56)27-25-39(34-62-41-11-4-2-5-12-41)49-44-24-23-42(32-45(44)54(58)59)63(60,61)50-47(57)36-17-21-40(22-18-36)53-30-28-52(29-31-53)33-37-10-7-8-13-43(37)35-15-19-38(48)20-16-35/h2,4-5,7-8,10-13,15-24,32,39,49H,3,6,9,14,25-31,33-34H2,1H3,(H,50,57)(H,55,56). The summed E-state index contributed by atoms with van der Waals surface area (Å²) in [6.07, 6.45) is 3.06. The summed E-state index contributed by atoms with van der Waals surface area (Å²) < 4.78 is 29.1. The lowest BCUT2D eigenvalue weighted by molar-refractivity contribution is -0.384. The Balaban J connectivity index is 1.05. The van der Waals surface area contributed by atoms with Gasteiger partial charge in [-0.1, -0.05) is 72.6 Å². The first-order valence-corrected chi connectivity index (χ1v) is 23.8. The van der Waals surface area contributed by atoms with Crippen molar-refractivity contribution in [1.82, 2.24) is 14.5 Å².